The van der Waals surface area contributed by atoms with E-state index in [1.807, 2.05) is 6.07 Å². The molecule has 1 aromatic rings. The van der Waals surface area contributed by atoms with Crippen LogP contribution < -0.4 is 4.90 Å². The highest BCUT2D eigenvalue weighted by atomic mass is 19.1. The Morgan fingerprint density at radius 2 is 2.00 bits per heavy atom. The van der Waals surface area contributed by atoms with Crippen molar-refractivity contribution in [1.29, 1.82) is 5.26 Å². The van der Waals surface area contributed by atoms with Gasteiger partial charge in [-0.05, 0) is 18.9 Å². The molecule has 6 heteroatoms. The molecule has 102 valence electrons. The van der Waals surface area contributed by atoms with Gasteiger partial charge in [0.2, 0.25) is 0 Å². The van der Waals surface area contributed by atoms with Gasteiger partial charge < -0.3 is 4.90 Å². The predicted molar refractivity (Wildman–Crippen MR) is 64.9 cm³/mol. The van der Waals surface area contributed by atoms with Crippen molar-refractivity contribution in [3.8, 4) is 6.07 Å². The van der Waals surface area contributed by atoms with E-state index in [1.54, 1.807) is 0 Å². The fraction of sp³-hybridized carbons (Fsp3) is 0.357. The summed E-state index contributed by atoms with van der Waals surface area (Å²) in [6.07, 6.45) is 1.80. The molecule has 0 atom stereocenters. The van der Waals surface area contributed by atoms with Gasteiger partial charge in [-0.25, -0.2) is 8.78 Å². The van der Waals surface area contributed by atoms with Crippen molar-refractivity contribution in [2.24, 2.45) is 5.41 Å². The molecule has 1 aliphatic carbocycles. The molecule has 0 spiro atoms. The van der Waals surface area contributed by atoms with E-state index in [-0.39, 0.29) is 29.6 Å². The first-order chi connectivity index (χ1) is 9.47. The quantitative estimate of drug-likeness (QED) is 0.795. The van der Waals surface area contributed by atoms with Crippen molar-refractivity contribution in [2.75, 3.05) is 11.4 Å². The van der Waals surface area contributed by atoms with Gasteiger partial charge in [0.25, 0.3) is 11.7 Å². The molecule has 0 N–H and O–H groups in total. The number of amides is 1. The summed E-state index contributed by atoms with van der Waals surface area (Å²) in [5.41, 5.74) is -0.736. The summed E-state index contributed by atoms with van der Waals surface area (Å²) < 4.78 is 27.0. The summed E-state index contributed by atoms with van der Waals surface area (Å²) in [6.45, 7) is 0.154. The number of ketones is 1. The number of carbonyl (C=O) groups is 2. The number of rotatable bonds is 3. The van der Waals surface area contributed by atoms with Crippen LogP contribution in [0, 0.1) is 28.4 Å². The van der Waals surface area contributed by atoms with Crippen molar-refractivity contribution in [3.63, 3.8) is 0 Å². The van der Waals surface area contributed by atoms with Gasteiger partial charge in [-0.15, -0.1) is 0 Å². The number of benzene rings is 1. The Kier molecular flexibility index (Phi) is 2.61. The first-order valence-electron chi connectivity index (χ1n) is 6.20. The van der Waals surface area contributed by atoms with Crippen LogP contribution in [-0.2, 0) is 4.79 Å². The van der Waals surface area contributed by atoms with E-state index in [1.165, 1.54) is 0 Å². The van der Waals surface area contributed by atoms with E-state index in [9.17, 15) is 18.4 Å². The van der Waals surface area contributed by atoms with E-state index in [0.717, 1.165) is 23.8 Å². The molecular weight excluding hydrogens is 266 g/mol. The zero-order chi connectivity index (χ0) is 14.5. The van der Waals surface area contributed by atoms with Gasteiger partial charge in [0.05, 0.1) is 17.3 Å². The molecular formula is C14H10F2N2O2. The van der Waals surface area contributed by atoms with Gasteiger partial charge in [-0.2, -0.15) is 5.26 Å². The SMILES string of the molecule is N#CCC1(CN2C(=O)C(=O)c3c(F)cc(F)cc32)CC1. The lowest BCUT2D eigenvalue weighted by Crippen LogP contribution is -2.35. The van der Waals surface area contributed by atoms with Gasteiger partial charge in [-0.3, -0.25) is 9.59 Å². The molecule has 3 rings (SSSR count). The van der Waals surface area contributed by atoms with E-state index < -0.39 is 23.3 Å². The minimum Gasteiger partial charge on any atom is -0.304 e. The molecule has 1 amide bonds. The third kappa shape index (κ3) is 1.78. The normalized spacial score (nSPS) is 18.9. The molecule has 0 aromatic heterocycles. The second-order valence-corrected chi connectivity index (χ2v) is 5.34. The fourth-order valence-electron chi connectivity index (χ4n) is 2.56. The Morgan fingerprint density at radius 3 is 2.60 bits per heavy atom. The number of hydrogen-bond acceptors (Lipinski definition) is 3. The molecule has 1 aromatic carbocycles. The minimum atomic E-state index is -1.02. The molecule has 4 nitrogen and oxygen atoms in total. The van der Waals surface area contributed by atoms with Crippen LogP contribution in [0.3, 0.4) is 0 Å². The Hall–Kier alpha value is -2.29. The highest BCUT2D eigenvalue weighted by Crippen LogP contribution is 2.50. The number of carbonyl (C=O) groups excluding carboxylic acids is 2. The van der Waals surface area contributed by atoms with E-state index >= 15 is 0 Å². The molecule has 0 bridgehead atoms. The Labute approximate surface area is 113 Å². The molecule has 0 radical (unpaired) electrons. The summed E-state index contributed by atoms with van der Waals surface area (Å²) in [5.74, 6) is -3.66. The first kappa shape index (κ1) is 12.7. The molecule has 20 heavy (non-hydrogen) atoms. The maximum absolute atomic E-state index is 13.7. The van der Waals surface area contributed by atoms with Crippen molar-refractivity contribution < 1.29 is 18.4 Å². The first-order valence-corrected chi connectivity index (χ1v) is 6.20. The predicted octanol–water partition coefficient (Wildman–Crippen LogP) is 2.19. The number of nitriles is 1. The van der Waals surface area contributed by atoms with Crippen LogP contribution >= 0.6 is 0 Å². The lowest BCUT2D eigenvalue weighted by atomic mass is 10.0. The molecule has 1 aliphatic heterocycles. The van der Waals surface area contributed by atoms with E-state index in [2.05, 4.69) is 0 Å². The third-order valence-electron chi connectivity index (χ3n) is 3.90. The van der Waals surface area contributed by atoms with Crippen LogP contribution in [0.25, 0.3) is 0 Å². The second-order valence-electron chi connectivity index (χ2n) is 5.34. The fourth-order valence-corrected chi connectivity index (χ4v) is 2.56. The summed E-state index contributed by atoms with van der Waals surface area (Å²) in [5, 5.41) is 8.78. The van der Waals surface area contributed by atoms with Crippen molar-refractivity contribution in [2.45, 2.75) is 19.3 Å². The van der Waals surface area contributed by atoms with Crippen LogP contribution in [0.1, 0.15) is 29.6 Å². The Morgan fingerprint density at radius 1 is 1.30 bits per heavy atom. The molecule has 2 aliphatic rings. The number of fused-ring (bicyclic) bond motifs is 1. The standard InChI is InChI=1S/C14H10F2N2O2/c15-8-5-9(16)11-10(6-8)18(13(20)12(11)19)7-14(1-2-14)3-4-17/h5-6H,1-3,7H2. The number of nitrogens with zero attached hydrogens (tertiary/aromatic N) is 2. The number of Topliss-reactive ketones (excluding diaryl/α,β-unsaturated/α-hetero) is 1. The van der Waals surface area contributed by atoms with Gasteiger partial charge in [0.15, 0.2) is 0 Å². The highest BCUT2D eigenvalue weighted by Gasteiger charge is 2.48. The molecule has 1 heterocycles. The maximum atomic E-state index is 13.7. The Balaban J connectivity index is 2.01. The lowest BCUT2D eigenvalue weighted by Gasteiger charge is -2.21. The van der Waals surface area contributed by atoms with Crippen molar-refractivity contribution in [3.05, 3.63) is 29.3 Å². The molecule has 0 unspecified atom stereocenters. The lowest BCUT2D eigenvalue weighted by molar-refractivity contribution is -0.114. The van der Waals surface area contributed by atoms with Gasteiger partial charge >= 0.3 is 0 Å². The average molecular weight is 276 g/mol. The van der Waals surface area contributed by atoms with Crippen LogP contribution in [0.5, 0.6) is 0 Å². The number of halogens is 2. The van der Waals surface area contributed by atoms with Gasteiger partial charge in [-0.1, -0.05) is 0 Å². The Bertz CT molecular complexity index is 674. The zero-order valence-corrected chi connectivity index (χ0v) is 10.4. The van der Waals surface area contributed by atoms with Crippen LogP contribution in [0.15, 0.2) is 12.1 Å². The number of anilines is 1. The zero-order valence-electron chi connectivity index (χ0n) is 10.4. The van der Waals surface area contributed by atoms with Crippen LogP contribution in [0.4, 0.5) is 14.5 Å². The summed E-state index contributed by atoms with van der Waals surface area (Å²) in [4.78, 5) is 24.8. The summed E-state index contributed by atoms with van der Waals surface area (Å²) in [7, 11) is 0. The minimum absolute atomic E-state index is 0.0262. The van der Waals surface area contributed by atoms with Crippen molar-refractivity contribution >= 4 is 17.4 Å². The average Bonchev–Trinajstić information content (AvgIpc) is 3.09. The topological polar surface area (TPSA) is 61.2 Å². The molecule has 1 saturated carbocycles. The molecule has 1 fully saturated rings. The second kappa shape index (κ2) is 4.10. The van der Waals surface area contributed by atoms with Crippen LogP contribution in [-0.4, -0.2) is 18.2 Å². The summed E-state index contributed by atoms with van der Waals surface area (Å²) in [6, 6.07) is 3.63. The number of hydrogen-bond donors (Lipinski definition) is 0. The van der Waals surface area contributed by atoms with Crippen molar-refractivity contribution in [1.82, 2.24) is 0 Å². The van der Waals surface area contributed by atoms with Gasteiger partial charge in [0.1, 0.15) is 11.6 Å². The van der Waals surface area contributed by atoms with Gasteiger partial charge in [0, 0.05) is 24.4 Å². The smallest absolute Gasteiger partial charge is 0.299 e. The van der Waals surface area contributed by atoms with E-state index in [0.29, 0.717) is 6.07 Å². The summed E-state index contributed by atoms with van der Waals surface area (Å²) >= 11 is 0. The van der Waals surface area contributed by atoms with Crippen LogP contribution in [0.2, 0.25) is 0 Å². The monoisotopic (exact) mass is 276 g/mol. The highest BCUT2D eigenvalue weighted by molar-refractivity contribution is 6.52. The molecule has 0 saturated heterocycles. The maximum Gasteiger partial charge on any atom is 0.299 e. The third-order valence-corrected chi connectivity index (χ3v) is 3.90. The van der Waals surface area contributed by atoms with E-state index in [4.69, 9.17) is 5.26 Å². The largest absolute Gasteiger partial charge is 0.304 e.